The average Bonchev–Trinajstić information content (AvgIpc) is 3.28. The number of fused-ring (bicyclic) bond motifs is 1. The van der Waals surface area contributed by atoms with Crippen molar-refractivity contribution in [1.82, 2.24) is 20.3 Å². The second-order valence-corrected chi connectivity index (χ2v) is 6.94. The third kappa shape index (κ3) is 4.62. The first-order valence-corrected chi connectivity index (χ1v) is 9.93. The van der Waals surface area contributed by atoms with Crippen molar-refractivity contribution in [3.63, 3.8) is 0 Å². The van der Waals surface area contributed by atoms with Crippen LogP contribution in [0.1, 0.15) is 12.1 Å². The lowest BCUT2D eigenvalue weighted by Gasteiger charge is -2.25. The summed E-state index contributed by atoms with van der Waals surface area (Å²) in [6, 6.07) is 12.6. The summed E-state index contributed by atoms with van der Waals surface area (Å²) in [7, 11) is 1.64. The number of aromatic nitrogens is 4. The van der Waals surface area contributed by atoms with Crippen LogP contribution >= 0.6 is 0 Å². The first-order valence-electron chi connectivity index (χ1n) is 9.93. The predicted molar refractivity (Wildman–Crippen MR) is 118 cm³/mol. The molecule has 3 heterocycles. The van der Waals surface area contributed by atoms with Crippen LogP contribution in [-0.4, -0.2) is 45.5 Å². The van der Waals surface area contributed by atoms with Gasteiger partial charge in [-0.1, -0.05) is 12.1 Å². The van der Waals surface area contributed by atoms with Gasteiger partial charge in [0.2, 0.25) is 5.52 Å². The van der Waals surface area contributed by atoms with Crippen LogP contribution in [0.5, 0.6) is 0 Å². The van der Waals surface area contributed by atoms with Crippen LogP contribution < -0.4 is 10.2 Å². The molecule has 0 atom stereocenters. The van der Waals surface area contributed by atoms with Crippen molar-refractivity contribution in [3.05, 3.63) is 70.7 Å². The summed E-state index contributed by atoms with van der Waals surface area (Å²) in [6.07, 6.45) is 4.05. The smallest absolute Gasteiger partial charge is 0.324 e. The van der Waals surface area contributed by atoms with Crippen molar-refractivity contribution in [2.45, 2.75) is 13.0 Å². The van der Waals surface area contributed by atoms with Crippen LogP contribution in [0.25, 0.3) is 11.0 Å². The zero-order valence-corrected chi connectivity index (χ0v) is 17.3. The Morgan fingerprint density at radius 1 is 1.12 bits per heavy atom. The quantitative estimate of drug-likeness (QED) is 0.223. The van der Waals surface area contributed by atoms with Crippen molar-refractivity contribution in [2.24, 2.45) is 0 Å². The van der Waals surface area contributed by atoms with Gasteiger partial charge in [0, 0.05) is 32.7 Å². The highest BCUT2D eigenvalue weighted by atomic mass is 16.6. The summed E-state index contributed by atoms with van der Waals surface area (Å²) >= 11 is 0. The largest absolute Gasteiger partial charge is 0.385 e. The van der Waals surface area contributed by atoms with Gasteiger partial charge in [-0.05, 0) is 47.1 Å². The van der Waals surface area contributed by atoms with E-state index in [1.807, 2.05) is 23.1 Å². The van der Waals surface area contributed by atoms with Gasteiger partial charge in [-0.15, -0.1) is 0 Å². The number of methoxy groups -OCH3 is 1. The standard InChI is InChI=1S/C21H21N7O4/c1-31-12-6-11-27(14-15-7-2-4-9-22-15)17-13-16(24-18-8-3-5-10-23-18)21(28(29)30)20-19(17)25-32-26-20/h2-5,7-10,13H,6,11-12,14H2,1H3,(H,23,24). The monoisotopic (exact) mass is 435 g/mol. The summed E-state index contributed by atoms with van der Waals surface area (Å²) < 4.78 is 10.1. The number of ether oxygens (including phenoxy) is 1. The molecule has 4 aromatic rings. The third-order valence-electron chi connectivity index (χ3n) is 4.80. The minimum absolute atomic E-state index is 0.0590. The van der Waals surface area contributed by atoms with E-state index in [2.05, 4.69) is 25.6 Å². The molecule has 0 aliphatic carbocycles. The molecule has 0 amide bonds. The van der Waals surface area contributed by atoms with Crippen molar-refractivity contribution >= 4 is 33.9 Å². The molecule has 0 saturated heterocycles. The normalized spacial score (nSPS) is 10.9. The number of nitrogens with one attached hydrogen (secondary N) is 1. The maximum atomic E-state index is 11.9. The highest BCUT2D eigenvalue weighted by Gasteiger charge is 2.28. The van der Waals surface area contributed by atoms with Crippen molar-refractivity contribution in [2.75, 3.05) is 30.5 Å². The van der Waals surface area contributed by atoms with Crippen LogP contribution in [0.3, 0.4) is 0 Å². The molecule has 0 aliphatic rings. The van der Waals surface area contributed by atoms with Gasteiger partial charge in [0.25, 0.3) is 0 Å². The summed E-state index contributed by atoms with van der Waals surface area (Å²) in [4.78, 5) is 22.0. The molecular weight excluding hydrogens is 414 g/mol. The lowest BCUT2D eigenvalue weighted by Crippen LogP contribution is -2.26. The highest BCUT2D eigenvalue weighted by molar-refractivity contribution is 6.00. The van der Waals surface area contributed by atoms with Gasteiger partial charge in [-0.2, -0.15) is 0 Å². The third-order valence-corrected chi connectivity index (χ3v) is 4.80. The van der Waals surface area contributed by atoms with E-state index < -0.39 is 4.92 Å². The van der Waals surface area contributed by atoms with E-state index in [1.54, 1.807) is 43.8 Å². The topological polar surface area (TPSA) is 132 Å². The number of benzene rings is 1. The maximum absolute atomic E-state index is 11.9. The van der Waals surface area contributed by atoms with E-state index in [9.17, 15) is 10.1 Å². The first kappa shape index (κ1) is 21.1. The van der Waals surface area contributed by atoms with Crippen LogP contribution in [0, 0.1) is 10.1 Å². The van der Waals surface area contributed by atoms with E-state index in [4.69, 9.17) is 9.37 Å². The molecule has 0 bridgehead atoms. The van der Waals surface area contributed by atoms with E-state index >= 15 is 0 Å². The molecule has 3 aromatic heterocycles. The van der Waals surface area contributed by atoms with Gasteiger partial charge in [0.15, 0.2) is 5.52 Å². The van der Waals surface area contributed by atoms with Crippen molar-refractivity contribution in [1.29, 1.82) is 0 Å². The summed E-state index contributed by atoms with van der Waals surface area (Å²) in [5.41, 5.74) is 1.84. The fraction of sp³-hybridized carbons (Fsp3) is 0.238. The number of rotatable bonds is 10. The fourth-order valence-corrected chi connectivity index (χ4v) is 3.38. The second-order valence-electron chi connectivity index (χ2n) is 6.94. The molecule has 4 rings (SSSR count). The summed E-state index contributed by atoms with van der Waals surface area (Å²) in [6.45, 7) is 1.63. The molecule has 11 heteroatoms. The number of hydrogen-bond acceptors (Lipinski definition) is 10. The molecule has 0 aliphatic heterocycles. The number of nitro benzene ring substituents is 1. The van der Waals surface area contributed by atoms with Crippen LogP contribution in [-0.2, 0) is 11.3 Å². The summed E-state index contributed by atoms with van der Waals surface area (Å²) in [5, 5.41) is 22.7. The lowest BCUT2D eigenvalue weighted by molar-refractivity contribution is -0.382. The highest BCUT2D eigenvalue weighted by Crippen LogP contribution is 2.39. The predicted octanol–water partition coefficient (Wildman–Crippen LogP) is 3.71. The Morgan fingerprint density at radius 2 is 1.91 bits per heavy atom. The second kappa shape index (κ2) is 9.79. The molecule has 0 unspecified atom stereocenters. The molecule has 32 heavy (non-hydrogen) atoms. The van der Waals surface area contributed by atoms with Gasteiger partial charge in [-0.25, -0.2) is 9.61 Å². The Labute approximate surface area is 183 Å². The zero-order valence-electron chi connectivity index (χ0n) is 17.3. The molecule has 0 spiro atoms. The summed E-state index contributed by atoms with van der Waals surface area (Å²) in [5.74, 6) is 0.466. The molecular formula is C21H21N7O4. The van der Waals surface area contributed by atoms with Gasteiger partial charge < -0.3 is 15.0 Å². The number of hydrogen-bond donors (Lipinski definition) is 1. The minimum atomic E-state index is -0.504. The Kier molecular flexibility index (Phi) is 6.46. The Morgan fingerprint density at radius 3 is 2.59 bits per heavy atom. The van der Waals surface area contributed by atoms with Gasteiger partial charge in [0.05, 0.1) is 22.8 Å². The van der Waals surface area contributed by atoms with Crippen molar-refractivity contribution < 1.29 is 14.3 Å². The number of nitro groups is 1. The van der Waals surface area contributed by atoms with E-state index in [0.717, 1.165) is 12.1 Å². The Hall–Kier alpha value is -4.12. The van der Waals surface area contributed by atoms with Gasteiger partial charge in [-0.3, -0.25) is 15.1 Å². The van der Waals surface area contributed by atoms with E-state index in [0.29, 0.717) is 36.7 Å². The first-order chi connectivity index (χ1) is 15.7. The number of nitrogens with zero attached hydrogens (tertiary/aromatic N) is 6. The number of anilines is 3. The van der Waals surface area contributed by atoms with Crippen LogP contribution in [0.15, 0.2) is 59.5 Å². The molecule has 0 fully saturated rings. The van der Waals surface area contributed by atoms with E-state index in [-0.39, 0.29) is 16.9 Å². The van der Waals surface area contributed by atoms with Crippen LogP contribution in [0.2, 0.25) is 0 Å². The van der Waals surface area contributed by atoms with Crippen molar-refractivity contribution in [3.8, 4) is 0 Å². The molecule has 1 aromatic carbocycles. The molecule has 11 nitrogen and oxygen atoms in total. The van der Waals surface area contributed by atoms with E-state index in [1.165, 1.54) is 0 Å². The van der Waals surface area contributed by atoms with Gasteiger partial charge in [0.1, 0.15) is 11.5 Å². The number of pyridine rings is 2. The Bertz CT molecular complexity index is 1180. The molecule has 0 radical (unpaired) electrons. The molecule has 0 saturated carbocycles. The zero-order chi connectivity index (χ0) is 22.3. The molecule has 1 N–H and O–H groups in total. The maximum Gasteiger partial charge on any atom is 0.324 e. The lowest BCUT2D eigenvalue weighted by atomic mass is 10.1. The van der Waals surface area contributed by atoms with Gasteiger partial charge >= 0.3 is 5.69 Å². The Balaban J connectivity index is 1.81. The minimum Gasteiger partial charge on any atom is -0.385 e. The van der Waals surface area contributed by atoms with Crippen LogP contribution in [0.4, 0.5) is 22.9 Å². The molecule has 164 valence electrons. The average molecular weight is 435 g/mol. The fourth-order valence-electron chi connectivity index (χ4n) is 3.38. The SMILES string of the molecule is COCCCN(Cc1ccccn1)c1cc(Nc2ccccn2)c([N+](=O)[O-])c2nonc12.